The van der Waals surface area contributed by atoms with Gasteiger partial charge in [0.2, 0.25) is 5.91 Å². The average molecular weight is 286 g/mol. The van der Waals surface area contributed by atoms with Gasteiger partial charge in [0.15, 0.2) is 0 Å². The molecule has 0 bridgehead atoms. The Morgan fingerprint density at radius 1 is 1.42 bits per heavy atom. The standard InChI is InChI=1S/C12H9F3N2OS/c13-12(14,15)9-3-7(5-16)1-2-10(9)17-6-8(19)4-11(17)18/h1-3,8,19H,4,6H2. The molecule has 7 heteroatoms. The highest BCUT2D eigenvalue weighted by Crippen LogP contribution is 2.38. The van der Waals surface area contributed by atoms with E-state index in [0.29, 0.717) is 0 Å². The highest BCUT2D eigenvalue weighted by molar-refractivity contribution is 7.81. The minimum absolute atomic E-state index is 0.0925. The molecule has 1 heterocycles. The minimum atomic E-state index is -4.61. The van der Waals surface area contributed by atoms with Gasteiger partial charge in [-0.25, -0.2) is 0 Å². The lowest BCUT2D eigenvalue weighted by Crippen LogP contribution is -2.27. The molecule has 1 fully saturated rings. The van der Waals surface area contributed by atoms with Crippen LogP contribution in [0.15, 0.2) is 18.2 Å². The van der Waals surface area contributed by atoms with Gasteiger partial charge in [0.05, 0.1) is 22.9 Å². The molecule has 0 aromatic heterocycles. The van der Waals surface area contributed by atoms with Crippen LogP contribution in [-0.2, 0) is 11.0 Å². The first kappa shape index (κ1) is 13.7. The largest absolute Gasteiger partial charge is 0.418 e. The molecule has 0 spiro atoms. The van der Waals surface area contributed by atoms with Crippen molar-refractivity contribution in [3.05, 3.63) is 29.3 Å². The van der Waals surface area contributed by atoms with Gasteiger partial charge in [0.1, 0.15) is 0 Å². The number of rotatable bonds is 1. The van der Waals surface area contributed by atoms with Gasteiger partial charge in [0.25, 0.3) is 0 Å². The Bertz CT molecular complexity index is 565. The summed E-state index contributed by atoms with van der Waals surface area (Å²) >= 11 is 4.11. The molecule has 1 aromatic carbocycles. The van der Waals surface area contributed by atoms with Crippen molar-refractivity contribution in [1.82, 2.24) is 0 Å². The maximum atomic E-state index is 13.0. The predicted octanol–water partition coefficient (Wildman–Crippen LogP) is 2.61. The van der Waals surface area contributed by atoms with Crippen LogP contribution in [0.1, 0.15) is 17.5 Å². The normalized spacial score (nSPS) is 19.6. The summed E-state index contributed by atoms with van der Waals surface area (Å²) in [5.41, 5.74) is -1.28. The van der Waals surface area contributed by atoms with E-state index >= 15 is 0 Å². The summed E-state index contributed by atoms with van der Waals surface area (Å²) < 4.78 is 38.9. The van der Waals surface area contributed by atoms with E-state index in [-0.39, 0.29) is 29.5 Å². The van der Waals surface area contributed by atoms with Crippen LogP contribution in [0.4, 0.5) is 18.9 Å². The van der Waals surface area contributed by atoms with Crippen LogP contribution in [0.3, 0.4) is 0 Å². The Labute approximate surface area is 113 Å². The molecule has 0 N–H and O–H groups in total. The lowest BCUT2D eigenvalue weighted by Gasteiger charge is -2.21. The zero-order valence-electron chi connectivity index (χ0n) is 9.61. The molecule has 1 saturated heterocycles. The summed E-state index contributed by atoms with van der Waals surface area (Å²) in [5, 5.41) is 8.39. The molecule has 0 radical (unpaired) electrons. The van der Waals surface area contributed by atoms with Crippen LogP contribution in [-0.4, -0.2) is 17.7 Å². The highest BCUT2D eigenvalue weighted by atomic mass is 32.1. The number of halogens is 3. The quantitative estimate of drug-likeness (QED) is 0.806. The van der Waals surface area contributed by atoms with Gasteiger partial charge in [-0.2, -0.15) is 31.1 Å². The Morgan fingerprint density at radius 3 is 2.58 bits per heavy atom. The first-order chi connectivity index (χ1) is 8.82. The van der Waals surface area contributed by atoms with Gasteiger partial charge in [-0.3, -0.25) is 4.79 Å². The van der Waals surface area contributed by atoms with Crippen molar-refractivity contribution < 1.29 is 18.0 Å². The highest BCUT2D eigenvalue weighted by Gasteiger charge is 2.38. The van der Waals surface area contributed by atoms with Crippen molar-refractivity contribution in [2.75, 3.05) is 11.4 Å². The molecule has 3 nitrogen and oxygen atoms in total. The second-order valence-electron chi connectivity index (χ2n) is 4.20. The number of benzene rings is 1. The molecule has 1 unspecified atom stereocenters. The molecule has 2 rings (SSSR count). The number of carbonyl (C=O) groups excluding carboxylic acids is 1. The van der Waals surface area contributed by atoms with Crippen molar-refractivity contribution in [2.45, 2.75) is 17.8 Å². The van der Waals surface area contributed by atoms with Crippen LogP contribution in [0, 0.1) is 11.3 Å². The lowest BCUT2D eigenvalue weighted by molar-refractivity contribution is -0.137. The number of anilines is 1. The van der Waals surface area contributed by atoms with Crippen molar-refractivity contribution in [1.29, 1.82) is 5.26 Å². The molecule has 1 aliphatic rings. The van der Waals surface area contributed by atoms with Gasteiger partial charge in [-0.15, -0.1) is 0 Å². The van der Waals surface area contributed by atoms with E-state index in [0.717, 1.165) is 17.0 Å². The zero-order valence-corrected chi connectivity index (χ0v) is 10.5. The Balaban J connectivity index is 2.52. The van der Waals surface area contributed by atoms with Crippen molar-refractivity contribution in [3.8, 4) is 6.07 Å². The molecular formula is C12H9F3N2OS. The summed E-state index contributed by atoms with van der Waals surface area (Å²) in [4.78, 5) is 12.7. The fourth-order valence-electron chi connectivity index (χ4n) is 1.99. The van der Waals surface area contributed by atoms with Crippen molar-refractivity contribution in [2.24, 2.45) is 0 Å². The summed E-state index contributed by atoms with van der Waals surface area (Å²) in [6, 6.07) is 4.84. The molecule has 0 aliphatic carbocycles. The summed E-state index contributed by atoms with van der Waals surface area (Å²) in [7, 11) is 0. The molecule has 1 aromatic rings. The van der Waals surface area contributed by atoms with E-state index in [4.69, 9.17) is 5.26 Å². The van der Waals surface area contributed by atoms with E-state index in [1.54, 1.807) is 6.07 Å². The van der Waals surface area contributed by atoms with Gasteiger partial charge in [-0.1, -0.05) is 0 Å². The SMILES string of the molecule is N#Cc1ccc(N2CC(S)CC2=O)c(C(F)(F)F)c1. The van der Waals surface area contributed by atoms with Crippen molar-refractivity contribution in [3.63, 3.8) is 0 Å². The topological polar surface area (TPSA) is 44.1 Å². The number of nitriles is 1. The Kier molecular flexibility index (Phi) is 3.45. The fourth-order valence-corrected chi connectivity index (χ4v) is 2.31. The molecule has 1 amide bonds. The zero-order chi connectivity index (χ0) is 14.2. The van der Waals surface area contributed by atoms with Gasteiger partial charge in [0, 0.05) is 18.2 Å². The molecule has 1 aliphatic heterocycles. The summed E-state index contributed by atoms with van der Waals surface area (Å²) in [6.07, 6.45) is -4.50. The predicted molar refractivity (Wildman–Crippen MR) is 65.9 cm³/mol. The molecule has 0 saturated carbocycles. The first-order valence-corrected chi connectivity index (χ1v) is 5.94. The van der Waals surface area contributed by atoms with Crippen LogP contribution in [0.5, 0.6) is 0 Å². The van der Waals surface area contributed by atoms with Crippen LogP contribution in [0.25, 0.3) is 0 Å². The Hall–Kier alpha value is -1.68. The van der Waals surface area contributed by atoms with Crippen LogP contribution < -0.4 is 4.90 Å². The second-order valence-corrected chi connectivity index (χ2v) is 4.93. The van der Waals surface area contributed by atoms with Gasteiger partial charge >= 0.3 is 6.18 Å². The summed E-state index contributed by atoms with van der Waals surface area (Å²) in [5.74, 6) is -0.393. The van der Waals surface area contributed by atoms with E-state index in [2.05, 4.69) is 12.6 Å². The third-order valence-electron chi connectivity index (χ3n) is 2.83. The lowest BCUT2D eigenvalue weighted by atomic mass is 10.1. The average Bonchev–Trinajstić information content (AvgIpc) is 2.66. The third kappa shape index (κ3) is 2.68. The van der Waals surface area contributed by atoms with E-state index < -0.39 is 17.6 Å². The van der Waals surface area contributed by atoms with Gasteiger partial charge in [-0.05, 0) is 18.2 Å². The number of alkyl halides is 3. The number of hydrogen-bond donors (Lipinski definition) is 1. The van der Waals surface area contributed by atoms with E-state index in [1.807, 2.05) is 0 Å². The maximum Gasteiger partial charge on any atom is 0.418 e. The molecule has 1 atom stereocenters. The number of thiol groups is 1. The molecule has 19 heavy (non-hydrogen) atoms. The first-order valence-electron chi connectivity index (χ1n) is 5.42. The maximum absolute atomic E-state index is 13.0. The minimum Gasteiger partial charge on any atom is -0.311 e. The second kappa shape index (κ2) is 4.78. The van der Waals surface area contributed by atoms with Crippen LogP contribution >= 0.6 is 12.6 Å². The van der Waals surface area contributed by atoms with E-state index in [9.17, 15) is 18.0 Å². The fraction of sp³-hybridized carbons (Fsp3) is 0.333. The summed E-state index contributed by atoms with van der Waals surface area (Å²) in [6.45, 7) is 0.136. The van der Waals surface area contributed by atoms with Gasteiger partial charge < -0.3 is 4.90 Å². The number of amides is 1. The van der Waals surface area contributed by atoms with Crippen LogP contribution in [0.2, 0.25) is 0 Å². The number of hydrogen-bond acceptors (Lipinski definition) is 3. The number of carbonyl (C=O) groups is 1. The monoisotopic (exact) mass is 286 g/mol. The Morgan fingerprint density at radius 2 is 2.11 bits per heavy atom. The third-order valence-corrected chi connectivity index (χ3v) is 3.17. The molecular weight excluding hydrogens is 277 g/mol. The number of nitrogens with zero attached hydrogens (tertiary/aromatic N) is 2. The smallest absolute Gasteiger partial charge is 0.311 e. The van der Waals surface area contributed by atoms with Crippen molar-refractivity contribution >= 4 is 24.2 Å². The van der Waals surface area contributed by atoms with E-state index in [1.165, 1.54) is 6.07 Å². The molecule has 100 valence electrons.